The van der Waals surface area contributed by atoms with Crippen molar-refractivity contribution in [3.05, 3.63) is 304 Å². The van der Waals surface area contributed by atoms with Crippen LogP contribution >= 0.6 is 0 Å². The summed E-state index contributed by atoms with van der Waals surface area (Å²) in [7, 11) is 0. The van der Waals surface area contributed by atoms with Crippen LogP contribution in [0.25, 0.3) is 111 Å². The predicted molar refractivity (Wildman–Crippen MR) is 354 cm³/mol. The molecule has 0 spiro atoms. The van der Waals surface area contributed by atoms with E-state index in [1.807, 2.05) is 140 Å². The first-order chi connectivity index (χ1) is 41.1. The van der Waals surface area contributed by atoms with Gasteiger partial charge in [0, 0.05) is 66.6 Å². The van der Waals surface area contributed by atoms with Gasteiger partial charge in [0.2, 0.25) is 0 Å². The largest absolute Gasteiger partial charge is 3.00 e. The van der Waals surface area contributed by atoms with Gasteiger partial charge in [-0.1, -0.05) is 185 Å². The molecule has 0 fully saturated rings. The first kappa shape index (κ1) is 65.2. The summed E-state index contributed by atoms with van der Waals surface area (Å²) in [6, 6.07) is 84.9. The number of para-hydroxylation sites is 3. The van der Waals surface area contributed by atoms with Gasteiger partial charge in [-0.25, -0.2) is 0 Å². The number of furan rings is 2. The van der Waals surface area contributed by atoms with Gasteiger partial charge in [0.05, 0.1) is 22.4 Å². The van der Waals surface area contributed by atoms with Crippen LogP contribution in [-0.4, -0.2) is 19.9 Å². The monoisotopic (exact) mass is 1510 g/mol. The number of pyridine rings is 4. The summed E-state index contributed by atoms with van der Waals surface area (Å²) in [6.45, 7) is 9.13. The Morgan fingerprint density at radius 2 is 0.764 bits per heavy atom. The molecule has 16 rings (SSSR count). The van der Waals surface area contributed by atoms with Crippen LogP contribution < -0.4 is 0 Å². The zero-order valence-corrected chi connectivity index (χ0v) is 54.0. The fraction of sp³-hybridized carbons (Fsp3) is 0.0886. The van der Waals surface area contributed by atoms with Crippen molar-refractivity contribution in [1.82, 2.24) is 19.9 Å². The zero-order valence-electron chi connectivity index (χ0n) is 49.2. The molecule has 0 bridgehead atoms. The van der Waals surface area contributed by atoms with Crippen molar-refractivity contribution in [2.45, 2.75) is 46.0 Å². The number of aromatic nitrogens is 4. The number of fused-ring (bicyclic) bond motifs is 12. The topological polar surface area (TPSA) is 125 Å². The molecule has 0 amide bonds. The van der Waals surface area contributed by atoms with Gasteiger partial charge in [0.15, 0.2) is 5.58 Å². The van der Waals surface area contributed by atoms with Crippen molar-refractivity contribution in [3.8, 4) is 79.4 Å². The second-order valence-electron chi connectivity index (χ2n) is 21.6. The fourth-order valence-electron chi connectivity index (χ4n) is 11.8. The first-order valence-electron chi connectivity index (χ1n) is 27.7. The van der Waals surface area contributed by atoms with E-state index in [0.717, 1.165) is 72.2 Å². The van der Waals surface area contributed by atoms with Crippen molar-refractivity contribution in [2.24, 2.45) is 0 Å². The minimum absolute atomic E-state index is 0. The third-order valence-corrected chi connectivity index (χ3v) is 16.0. The van der Waals surface area contributed by atoms with Gasteiger partial charge in [-0.15, -0.1) is 76.9 Å². The van der Waals surface area contributed by atoms with E-state index in [2.05, 4.69) is 151 Å². The summed E-state index contributed by atoms with van der Waals surface area (Å²) >= 11 is 0. The predicted octanol–water partition coefficient (Wildman–Crippen LogP) is 20.1. The molecule has 0 aliphatic heterocycles. The fourth-order valence-corrected chi connectivity index (χ4v) is 11.8. The normalized spacial score (nSPS) is 12.0. The molecule has 8 aromatic carbocycles. The van der Waals surface area contributed by atoms with E-state index < -0.39 is 0 Å². The SMILES string of the molecule is C.CC1(C)c2c[c-]c(-c3ccccn3)cc2-c2ccccc21.CC1(C)c2c[c-]c(-c3ccccn3)cc2-c2ccccc21.N#Cc1cccc2c1oc1c(-c3ccccn3)[c-]ccc12.N#Cc1cccc2c1oc1c(-c3ccccn3)cccc12.[CH3-].[CH3-].[Ir+3].[Ir]. The molecule has 1 radical (unpaired) electrons. The van der Waals surface area contributed by atoms with Crippen LogP contribution in [0, 0.1) is 55.7 Å². The van der Waals surface area contributed by atoms with Crippen molar-refractivity contribution in [3.63, 3.8) is 0 Å². The number of hydrogen-bond acceptors (Lipinski definition) is 8. The summed E-state index contributed by atoms with van der Waals surface area (Å²) < 4.78 is 12.0. The van der Waals surface area contributed by atoms with E-state index in [1.54, 1.807) is 24.5 Å². The third-order valence-electron chi connectivity index (χ3n) is 16.0. The molecule has 6 heterocycles. The summed E-state index contributed by atoms with van der Waals surface area (Å²) in [4.78, 5) is 17.6. The maximum Gasteiger partial charge on any atom is 3.00 e. The Morgan fingerprint density at radius 3 is 1.21 bits per heavy atom. The van der Waals surface area contributed by atoms with E-state index in [4.69, 9.17) is 8.83 Å². The van der Waals surface area contributed by atoms with E-state index in [0.29, 0.717) is 27.9 Å². The molecule has 439 valence electrons. The molecular formula is C79H61Ir2N6O2-2. The quantitative estimate of drug-likeness (QED) is 0.160. The molecular weight excluding hydrogens is 1450 g/mol. The molecule has 89 heavy (non-hydrogen) atoms. The number of nitriles is 2. The van der Waals surface area contributed by atoms with Crippen molar-refractivity contribution in [2.75, 3.05) is 0 Å². The van der Waals surface area contributed by atoms with Gasteiger partial charge in [-0.05, 0) is 98.7 Å². The van der Waals surface area contributed by atoms with Gasteiger partial charge in [0.25, 0.3) is 0 Å². The zero-order chi connectivity index (χ0) is 57.4. The molecule has 0 atom stereocenters. The van der Waals surface area contributed by atoms with E-state index in [-0.39, 0.29) is 73.3 Å². The Kier molecular flexibility index (Phi) is 20.2. The summed E-state index contributed by atoms with van der Waals surface area (Å²) in [6.07, 6.45) is 7.16. The van der Waals surface area contributed by atoms with E-state index in [1.165, 1.54) is 44.5 Å². The smallest absolute Gasteiger partial charge is 0.499 e. The standard InChI is InChI=1S/2C20H16N.C18H10N2O.C18H9N2O.CH4.2CH3.2Ir/c2*1-20(2)17-8-4-3-7-15(17)16-13-14(10-11-18(16)20)19-9-5-6-12-21-19;2*19-11-12-5-3-6-13-14-7-4-8-15(18(14)21-17(12)13)16-9-1-2-10-20-16;;;;;/h2*3-9,11-13H,1-2H3;1-10H;1-7,9-10H;1H4;2*1H3;;/q2*-1;;-1;;2*-1;;+3. The molecule has 0 unspecified atom stereocenters. The van der Waals surface area contributed by atoms with E-state index in [9.17, 15) is 10.5 Å². The van der Waals surface area contributed by atoms with Crippen LogP contribution in [-0.2, 0) is 51.0 Å². The second kappa shape index (κ2) is 27.5. The maximum atomic E-state index is 9.22. The van der Waals surface area contributed by atoms with Gasteiger partial charge in [-0.2, -0.15) is 10.5 Å². The van der Waals surface area contributed by atoms with Crippen LogP contribution in [0.15, 0.2) is 246 Å². The van der Waals surface area contributed by atoms with Crippen molar-refractivity contribution >= 4 is 43.9 Å². The molecule has 2 aliphatic carbocycles. The molecule has 14 aromatic rings. The van der Waals surface area contributed by atoms with Crippen molar-refractivity contribution < 1.29 is 49.0 Å². The number of nitrogens with zero attached hydrogens (tertiary/aromatic N) is 6. The Morgan fingerprint density at radius 1 is 0.382 bits per heavy atom. The second-order valence-corrected chi connectivity index (χ2v) is 21.6. The maximum absolute atomic E-state index is 9.22. The Balaban J connectivity index is 0.000000151. The average Bonchev–Trinajstić information content (AvgIpc) is 2.01. The Labute approximate surface area is 548 Å². The number of benzene rings is 8. The molecule has 2 aliphatic rings. The summed E-state index contributed by atoms with van der Waals surface area (Å²) in [5, 5.41) is 22.3. The van der Waals surface area contributed by atoms with Crippen LogP contribution in [0.1, 0.15) is 68.5 Å². The minimum Gasteiger partial charge on any atom is -0.499 e. The molecule has 0 N–H and O–H groups in total. The van der Waals surface area contributed by atoms with Crippen LogP contribution in [0.4, 0.5) is 0 Å². The molecule has 8 nitrogen and oxygen atoms in total. The molecule has 0 saturated carbocycles. The van der Waals surface area contributed by atoms with Crippen LogP contribution in [0.5, 0.6) is 0 Å². The van der Waals surface area contributed by atoms with Crippen LogP contribution in [0.3, 0.4) is 0 Å². The number of rotatable bonds is 4. The van der Waals surface area contributed by atoms with E-state index >= 15 is 0 Å². The van der Waals surface area contributed by atoms with Crippen LogP contribution in [0.2, 0.25) is 0 Å². The summed E-state index contributed by atoms with van der Waals surface area (Å²) in [5.74, 6) is 0. The third kappa shape index (κ3) is 12.1. The van der Waals surface area contributed by atoms with Gasteiger partial charge in [-0.3, -0.25) is 4.98 Å². The van der Waals surface area contributed by atoms with Gasteiger partial charge in [0.1, 0.15) is 23.3 Å². The van der Waals surface area contributed by atoms with Gasteiger partial charge >= 0.3 is 20.1 Å². The minimum atomic E-state index is 0. The van der Waals surface area contributed by atoms with Crippen molar-refractivity contribution in [1.29, 1.82) is 10.5 Å². The molecule has 10 heteroatoms. The Hall–Kier alpha value is -9.76. The first-order valence-corrected chi connectivity index (χ1v) is 27.7. The Bertz CT molecular complexity index is 4560. The number of hydrogen-bond donors (Lipinski definition) is 0. The van der Waals surface area contributed by atoms with Gasteiger partial charge < -0.3 is 38.6 Å². The summed E-state index contributed by atoms with van der Waals surface area (Å²) in [5.41, 5.74) is 22.2. The molecule has 0 saturated heterocycles. The average molecular weight is 1510 g/mol. The molecule has 6 aromatic heterocycles.